The maximum Gasteiger partial charge on any atom is 0.218 e. The highest BCUT2D eigenvalue weighted by molar-refractivity contribution is 7.88. The minimum absolute atomic E-state index is 0.0160. The van der Waals surface area contributed by atoms with Gasteiger partial charge in [0.2, 0.25) is 10.0 Å². The van der Waals surface area contributed by atoms with Gasteiger partial charge in [0, 0.05) is 12.1 Å². The summed E-state index contributed by atoms with van der Waals surface area (Å²) in [4.78, 5) is 0. The number of hydrogen-bond donors (Lipinski definition) is 0. The lowest BCUT2D eigenvalue weighted by Crippen LogP contribution is -2.36. The minimum atomic E-state index is -3.39. The standard InChI is InChI=1S/C18H21NO3S/c1-14-7-9-16(10-8-14)13-23(20,21)19-11-15(2)22-18-6-4-3-5-17(18)12-19/h3-10,15H,11-13H2,1-2H3. The molecule has 0 amide bonds. The van der Waals surface area contributed by atoms with Gasteiger partial charge in [-0.05, 0) is 25.5 Å². The smallest absolute Gasteiger partial charge is 0.218 e. The molecule has 4 nitrogen and oxygen atoms in total. The van der Waals surface area contributed by atoms with Crippen molar-refractivity contribution in [3.05, 3.63) is 65.2 Å². The van der Waals surface area contributed by atoms with Crippen molar-refractivity contribution in [2.24, 2.45) is 0 Å². The van der Waals surface area contributed by atoms with Gasteiger partial charge in [0.1, 0.15) is 11.9 Å². The third kappa shape index (κ3) is 3.74. The molecular weight excluding hydrogens is 310 g/mol. The lowest BCUT2D eigenvalue weighted by Gasteiger charge is -2.21. The summed E-state index contributed by atoms with van der Waals surface area (Å²) in [7, 11) is -3.39. The Morgan fingerprint density at radius 2 is 1.83 bits per heavy atom. The summed E-state index contributed by atoms with van der Waals surface area (Å²) in [6.45, 7) is 4.61. The first kappa shape index (κ1) is 16.0. The van der Waals surface area contributed by atoms with Crippen LogP contribution < -0.4 is 4.74 Å². The van der Waals surface area contributed by atoms with Crippen LogP contribution in [0.3, 0.4) is 0 Å². The quantitative estimate of drug-likeness (QED) is 0.868. The summed E-state index contributed by atoms with van der Waals surface area (Å²) in [5.74, 6) is 0.787. The van der Waals surface area contributed by atoms with Crippen LogP contribution in [0.4, 0.5) is 0 Å². The van der Waals surface area contributed by atoms with Gasteiger partial charge in [0.25, 0.3) is 0 Å². The van der Waals surface area contributed by atoms with Crippen molar-refractivity contribution < 1.29 is 13.2 Å². The monoisotopic (exact) mass is 331 g/mol. The third-order valence-corrected chi connectivity index (χ3v) is 5.73. The molecule has 0 bridgehead atoms. The topological polar surface area (TPSA) is 46.6 Å². The molecule has 3 rings (SSSR count). The van der Waals surface area contributed by atoms with Gasteiger partial charge in [-0.2, -0.15) is 4.31 Å². The maximum atomic E-state index is 12.8. The molecule has 0 saturated heterocycles. The molecule has 1 unspecified atom stereocenters. The van der Waals surface area contributed by atoms with Gasteiger partial charge in [-0.3, -0.25) is 0 Å². The number of ether oxygens (including phenoxy) is 1. The Morgan fingerprint density at radius 1 is 1.13 bits per heavy atom. The molecule has 1 aliphatic heterocycles. The molecule has 0 saturated carbocycles. The normalized spacial score (nSPS) is 18.8. The van der Waals surface area contributed by atoms with Gasteiger partial charge in [-0.15, -0.1) is 0 Å². The number of sulfonamides is 1. The Hall–Kier alpha value is -1.85. The molecule has 1 atom stereocenters. The molecule has 0 fully saturated rings. The molecule has 1 aliphatic rings. The van der Waals surface area contributed by atoms with Gasteiger partial charge >= 0.3 is 0 Å². The third-order valence-electron chi connectivity index (χ3n) is 3.97. The van der Waals surface area contributed by atoms with E-state index in [0.717, 1.165) is 22.4 Å². The summed E-state index contributed by atoms with van der Waals surface area (Å²) in [6.07, 6.45) is -0.175. The molecule has 23 heavy (non-hydrogen) atoms. The van der Waals surface area contributed by atoms with E-state index in [2.05, 4.69) is 0 Å². The van der Waals surface area contributed by atoms with E-state index in [4.69, 9.17) is 4.74 Å². The summed E-state index contributed by atoms with van der Waals surface area (Å²) in [5, 5.41) is 0. The predicted octanol–water partition coefficient (Wildman–Crippen LogP) is 3.11. The highest BCUT2D eigenvalue weighted by Crippen LogP contribution is 2.27. The van der Waals surface area contributed by atoms with E-state index in [1.54, 1.807) is 0 Å². The summed E-state index contributed by atoms with van der Waals surface area (Å²) >= 11 is 0. The number of hydrogen-bond acceptors (Lipinski definition) is 3. The fourth-order valence-electron chi connectivity index (χ4n) is 2.74. The van der Waals surface area contributed by atoms with E-state index in [9.17, 15) is 8.42 Å². The molecule has 0 N–H and O–H groups in total. The summed E-state index contributed by atoms with van der Waals surface area (Å²) in [5.41, 5.74) is 2.84. The largest absolute Gasteiger partial charge is 0.489 e. The average Bonchev–Trinajstić information content (AvgIpc) is 2.68. The molecule has 0 aliphatic carbocycles. The van der Waals surface area contributed by atoms with Crippen molar-refractivity contribution in [1.29, 1.82) is 0 Å². The maximum absolute atomic E-state index is 12.8. The van der Waals surface area contributed by atoms with Crippen LogP contribution in [-0.4, -0.2) is 25.4 Å². The van der Waals surface area contributed by atoms with E-state index in [-0.39, 0.29) is 11.9 Å². The number of fused-ring (bicyclic) bond motifs is 1. The van der Waals surface area contributed by atoms with Crippen molar-refractivity contribution in [2.75, 3.05) is 6.54 Å². The van der Waals surface area contributed by atoms with Crippen LogP contribution in [0.15, 0.2) is 48.5 Å². The molecule has 5 heteroatoms. The number of rotatable bonds is 3. The molecule has 1 heterocycles. The number of aryl methyl sites for hydroxylation is 1. The zero-order valence-corrected chi connectivity index (χ0v) is 14.2. The van der Waals surface area contributed by atoms with Gasteiger partial charge in [0.05, 0.1) is 12.3 Å². The first-order chi connectivity index (χ1) is 10.9. The van der Waals surface area contributed by atoms with Crippen molar-refractivity contribution in [3.63, 3.8) is 0 Å². The lowest BCUT2D eigenvalue weighted by molar-refractivity contribution is 0.201. The van der Waals surface area contributed by atoms with Crippen molar-refractivity contribution in [3.8, 4) is 5.75 Å². The summed E-state index contributed by atoms with van der Waals surface area (Å²) < 4.78 is 33.0. The molecular formula is C18H21NO3S. The number of para-hydroxylation sites is 1. The first-order valence-electron chi connectivity index (χ1n) is 7.72. The Balaban J connectivity index is 1.85. The molecule has 122 valence electrons. The lowest BCUT2D eigenvalue weighted by atomic mass is 10.2. The average molecular weight is 331 g/mol. The summed E-state index contributed by atoms with van der Waals surface area (Å²) in [6, 6.07) is 15.2. The molecule has 2 aromatic rings. The van der Waals surface area contributed by atoms with Crippen LogP contribution in [0.1, 0.15) is 23.6 Å². The molecule has 0 aromatic heterocycles. The first-order valence-corrected chi connectivity index (χ1v) is 9.33. The SMILES string of the molecule is Cc1ccc(CS(=O)(=O)N2Cc3ccccc3OC(C)C2)cc1. The van der Waals surface area contributed by atoms with Crippen molar-refractivity contribution in [2.45, 2.75) is 32.2 Å². The van der Waals surface area contributed by atoms with E-state index >= 15 is 0 Å². The zero-order chi connectivity index (χ0) is 16.4. The molecule has 0 radical (unpaired) electrons. The van der Waals surface area contributed by atoms with Gasteiger partial charge in [-0.25, -0.2) is 8.42 Å². The van der Waals surface area contributed by atoms with E-state index in [1.807, 2.05) is 62.4 Å². The van der Waals surface area contributed by atoms with Crippen LogP contribution >= 0.6 is 0 Å². The van der Waals surface area contributed by atoms with E-state index in [0.29, 0.717) is 13.1 Å². The van der Waals surface area contributed by atoms with Crippen LogP contribution in [0.2, 0.25) is 0 Å². The number of benzene rings is 2. The van der Waals surface area contributed by atoms with Gasteiger partial charge in [0.15, 0.2) is 0 Å². The fraction of sp³-hybridized carbons (Fsp3) is 0.333. The van der Waals surface area contributed by atoms with Crippen molar-refractivity contribution >= 4 is 10.0 Å². The minimum Gasteiger partial charge on any atom is -0.489 e. The second-order valence-electron chi connectivity index (χ2n) is 6.07. The van der Waals surface area contributed by atoms with Gasteiger partial charge < -0.3 is 4.74 Å². The van der Waals surface area contributed by atoms with E-state index in [1.165, 1.54) is 4.31 Å². The van der Waals surface area contributed by atoms with Gasteiger partial charge in [-0.1, -0.05) is 48.0 Å². The fourth-order valence-corrected chi connectivity index (χ4v) is 4.31. The second-order valence-corrected chi connectivity index (χ2v) is 8.04. The van der Waals surface area contributed by atoms with Crippen molar-refractivity contribution in [1.82, 2.24) is 4.31 Å². The second kappa shape index (κ2) is 6.34. The molecule has 2 aromatic carbocycles. The number of nitrogens with zero attached hydrogens (tertiary/aromatic N) is 1. The van der Waals surface area contributed by atoms with E-state index < -0.39 is 10.0 Å². The Kier molecular flexibility index (Phi) is 4.41. The Morgan fingerprint density at radius 3 is 2.57 bits per heavy atom. The van der Waals surface area contributed by atoms with Crippen LogP contribution in [0.25, 0.3) is 0 Å². The molecule has 0 spiro atoms. The predicted molar refractivity (Wildman–Crippen MR) is 90.7 cm³/mol. The Labute approximate surface area is 137 Å². The van der Waals surface area contributed by atoms with Crippen LogP contribution in [0, 0.1) is 6.92 Å². The highest BCUT2D eigenvalue weighted by atomic mass is 32.2. The highest BCUT2D eigenvalue weighted by Gasteiger charge is 2.28. The zero-order valence-electron chi connectivity index (χ0n) is 13.4. The van der Waals surface area contributed by atoms with Crippen LogP contribution in [-0.2, 0) is 22.3 Å². The Bertz CT molecular complexity index is 784. The van der Waals surface area contributed by atoms with Crippen LogP contribution in [0.5, 0.6) is 5.75 Å².